The Labute approximate surface area is 284 Å². The fourth-order valence-electron chi connectivity index (χ4n) is 7.85. The molecule has 0 fully saturated rings. The molecule has 0 unspecified atom stereocenters. The van der Waals surface area contributed by atoms with E-state index in [0.717, 1.165) is 5.69 Å². The van der Waals surface area contributed by atoms with Crippen LogP contribution >= 0.6 is 0 Å². The Hall–Kier alpha value is -6.44. The summed E-state index contributed by atoms with van der Waals surface area (Å²) in [5.41, 5.74) is 10.8. The average Bonchev–Trinajstić information content (AvgIpc) is 3.52. The highest BCUT2D eigenvalue weighted by molar-refractivity contribution is 6.25. The minimum atomic E-state index is 1.16. The van der Waals surface area contributed by atoms with Crippen LogP contribution in [0.25, 0.3) is 93.2 Å². The Morgan fingerprint density at radius 2 is 0.653 bits per heavy atom. The first-order valence-corrected chi connectivity index (χ1v) is 16.9. The van der Waals surface area contributed by atoms with Crippen LogP contribution in [0, 0.1) is 0 Å². The van der Waals surface area contributed by atoms with Crippen molar-refractivity contribution in [1.29, 1.82) is 0 Å². The van der Waals surface area contributed by atoms with E-state index >= 15 is 0 Å². The van der Waals surface area contributed by atoms with E-state index < -0.39 is 0 Å². The zero-order valence-electron chi connectivity index (χ0n) is 26.8. The van der Waals surface area contributed by atoms with E-state index in [1.165, 1.54) is 87.5 Å². The summed E-state index contributed by atoms with van der Waals surface area (Å²) in [6, 6.07) is 68.8. The molecule has 0 bridgehead atoms. The van der Waals surface area contributed by atoms with Gasteiger partial charge in [0.1, 0.15) is 0 Å². The highest BCUT2D eigenvalue weighted by Crippen LogP contribution is 2.40. The van der Waals surface area contributed by atoms with Gasteiger partial charge < -0.3 is 4.57 Å². The summed E-state index contributed by atoms with van der Waals surface area (Å²) in [4.78, 5) is 0. The van der Waals surface area contributed by atoms with Crippen molar-refractivity contribution in [3.63, 3.8) is 0 Å². The lowest BCUT2D eigenvalue weighted by Gasteiger charge is -2.14. The maximum atomic E-state index is 2.44. The molecule has 0 aliphatic rings. The molecule has 0 spiro atoms. The number of hydrogen-bond donors (Lipinski definition) is 0. The molecule has 0 N–H and O–H groups in total. The van der Waals surface area contributed by atoms with Crippen molar-refractivity contribution in [1.82, 2.24) is 4.57 Å². The third-order valence-electron chi connectivity index (χ3n) is 10.1. The van der Waals surface area contributed by atoms with Crippen LogP contribution in [0.2, 0.25) is 0 Å². The zero-order valence-corrected chi connectivity index (χ0v) is 26.8. The summed E-state index contributed by atoms with van der Waals surface area (Å²) in [5.74, 6) is 0. The van der Waals surface area contributed by atoms with Gasteiger partial charge in [0, 0.05) is 16.5 Å². The number of benzene rings is 9. The molecule has 1 heterocycles. The van der Waals surface area contributed by atoms with E-state index in [-0.39, 0.29) is 0 Å². The van der Waals surface area contributed by atoms with Gasteiger partial charge in [-0.15, -0.1) is 0 Å². The van der Waals surface area contributed by atoms with Gasteiger partial charge in [0.25, 0.3) is 0 Å². The van der Waals surface area contributed by atoms with Gasteiger partial charge in [-0.3, -0.25) is 0 Å². The van der Waals surface area contributed by atoms with Crippen LogP contribution in [0.5, 0.6) is 0 Å². The molecular formula is C48H31N. The van der Waals surface area contributed by atoms with Crippen molar-refractivity contribution < 1.29 is 0 Å². The molecule has 1 aromatic heterocycles. The summed E-state index contributed by atoms with van der Waals surface area (Å²) in [7, 11) is 0. The highest BCUT2D eigenvalue weighted by atomic mass is 15.0. The Kier molecular flexibility index (Phi) is 6.25. The molecule has 0 radical (unpaired) electrons. The summed E-state index contributed by atoms with van der Waals surface area (Å²) in [6.07, 6.45) is 0. The predicted molar refractivity (Wildman–Crippen MR) is 210 cm³/mol. The quantitative estimate of drug-likeness (QED) is 0.172. The second kappa shape index (κ2) is 11.1. The maximum Gasteiger partial charge on any atom is 0.0541 e. The lowest BCUT2D eigenvalue weighted by molar-refractivity contribution is 1.18. The first-order chi connectivity index (χ1) is 24.3. The van der Waals surface area contributed by atoms with Crippen LogP contribution in [0.3, 0.4) is 0 Å². The highest BCUT2D eigenvalue weighted by Gasteiger charge is 2.16. The number of aromatic nitrogens is 1. The summed E-state index contributed by atoms with van der Waals surface area (Å²) in [6.45, 7) is 0. The third kappa shape index (κ3) is 4.47. The standard InChI is InChI=1S/C48H31N/c1-3-13-32(14-4-1)36-27-37(33-15-5-2-6-16-33)29-38(28-36)49-47-22-12-11-21-44(47)46-31-35(24-26-48(46)49)34-23-25-43-41-19-8-7-17-39(41)40-18-9-10-20-42(40)45(43)30-34/h1-31H. The summed E-state index contributed by atoms with van der Waals surface area (Å²) < 4.78 is 2.44. The summed E-state index contributed by atoms with van der Waals surface area (Å²) in [5, 5.41) is 10.3. The van der Waals surface area contributed by atoms with Crippen molar-refractivity contribution in [3.05, 3.63) is 188 Å². The fourth-order valence-corrected chi connectivity index (χ4v) is 7.85. The third-order valence-corrected chi connectivity index (χ3v) is 10.1. The number of para-hydroxylation sites is 1. The van der Waals surface area contributed by atoms with E-state index in [9.17, 15) is 0 Å². The van der Waals surface area contributed by atoms with Gasteiger partial charge in [0.2, 0.25) is 0 Å². The van der Waals surface area contributed by atoms with Crippen molar-refractivity contribution in [2.45, 2.75) is 0 Å². The predicted octanol–water partition coefficient (Wildman–Crippen LogP) is 13.2. The lowest BCUT2D eigenvalue weighted by atomic mass is 9.92. The molecule has 0 aliphatic carbocycles. The van der Waals surface area contributed by atoms with Crippen molar-refractivity contribution in [2.24, 2.45) is 0 Å². The SMILES string of the molecule is c1ccc(-c2cc(-c3ccccc3)cc(-n3c4ccccc4c4cc(-c5ccc6c7ccccc7c7ccccc7c6c5)ccc43)c2)cc1. The fraction of sp³-hybridized carbons (Fsp3) is 0. The van der Waals surface area contributed by atoms with Crippen molar-refractivity contribution in [3.8, 4) is 39.1 Å². The summed E-state index contributed by atoms with van der Waals surface area (Å²) >= 11 is 0. The van der Waals surface area contributed by atoms with Crippen molar-refractivity contribution >= 4 is 54.1 Å². The first-order valence-electron chi connectivity index (χ1n) is 16.9. The second-order valence-corrected chi connectivity index (χ2v) is 12.9. The normalized spacial score (nSPS) is 11.7. The van der Waals surface area contributed by atoms with Crippen LogP contribution in [0.15, 0.2) is 188 Å². The average molecular weight is 622 g/mol. The van der Waals surface area contributed by atoms with Crippen molar-refractivity contribution in [2.75, 3.05) is 0 Å². The molecule has 10 rings (SSSR count). The maximum absolute atomic E-state index is 2.44. The number of fused-ring (bicyclic) bond motifs is 9. The van der Waals surface area contributed by atoms with Crippen LogP contribution < -0.4 is 0 Å². The van der Waals surface area contributed by atoms with E-state index in [0.29, 0.717) is 0 Å². The molecular weight excluding hydrogens is 591 g/mol. The van der Waals surface area contributed by atoms with Crippen LogP contribution in [-0.4, -0.2) is 4.57 Å². The minimum absolute atomic E-state index is 1.16. The van der Waals surface area contributed by atoms with Gasteiger partial charge in [-0.25, -0.2) is 0 Å². The van der Waals surface area contributed by atoms with Crippen LogP contribution in [0.1, 0.15) is 0 Å². The second-order valence-electron chi connectivity index (χ2n) is 12.9. The van der Waals surface area contributed by atoms with Gasteiger partial charge in [-0.05, 0) is 108 Å². The molecule has 1 nitrogen and oxygen atoms in total. The van der Waals surface area contributed by atoms with E-state index in [4.69, 9.17) is 0 Å². The Balaban J connectivity index is 1.20. The molecule has 228 valence electrons. The molecule has 0 saturated heterocycles. The Bertz CT molecular complexity index is 2770. The Morgan fingerprint density at radius 3 is 1.24 bits per heavy atom. The zero-order chi connectivity index (χ0) is 32.3. The Morgan fingerprint density at radius 1 is 0.224 bits per heavy atom. The molecule has 0 amide bonds. The number of rotatable bonds is 4. The molecule has 9 aromatic carbocycles. The smallest absolute Gasteiger partial charge is 0.0541 e. The van der Waals surface area contributed by atoms with Crippen LogP contribution in [0.4, 0.5) is 0 Å². The topological polar surface area (TPSA) is 4.93 Å². The number of hydrogen-bond acceptors (Lipinski definition) is 0. The minimum Gasteiger partial charge on any atom is -0.309 e. The van der Waals surface area contributed by atoms with Crippen LogP contribution in [-0.2, 0) is 0 Å². The van der Waals surface area contributed by atoms with E-state index in [2.05, 4.69) is 193 Å². The van der Waals surface area contributed by atoms with Gasteiger partial charge in [-0.2, -0.15) is 0 Å². The lowest BCUT2D eigenvalue weighted by Crippen LogP contribution is -1.96. The monoisotopic (exact) mass is 621 g/mol. The van der Waals surface area contributed by atoms with E-state index in [1.807, 2.05) is 0 Å². The molecule has 10 aromatic rings. The van der Waals surface area contributed by atoms with Gasteiger partial charge in [0.05, 0.1) is 11.0 Å². The number of nitrogens with zero attached hydrogens (tertiary/aromatic N) is 1. The molecule has 0 atom stereocenters. The van der Waals surface area contributed by atoms with Gasteiger partial charge in [0.15, 0.2) is 0 Å². The van der Waals surface area contributed by atoms with Gasteiger partial charge in [-0.1, -0.05) is 146 Å². The molecule has 49 heavy (non-hydrogen) atoms. The van der Waals surface area contributed by atoms with Gasteiger partial charge >= 0.3 is 0 Å². The molecule has 0 saturated carbocycles. The molecule has 1 heteroatoms. The molecule has 0 aliphatic heterocycles. The first kappa shape index (κ1) is 27.7. The van der Waals surface area contributed by atoms with E-state index in [1.54, 1.807) is 0 Å². The largest absolute Gasteiger partial charge is 0.309 e.